The number of carbonyl (C=O) groups excluding carboxylic acids is 1. The third-order valence-electron chi connectivity index (χ3n) is 4.44. The van der Waals surface area contributed by atoms with Gasteiger partial charge in [0.05, 0.1) is 6.54 Å². The molecule has 0 aliphatic heterocycles. The number of nitrogens with zero attached hydrogens (tertiary/aromatic N) is 1. The highest BCUT2D eigenvalue weighted by molar-refractivity contribution is 5.78. The number of amides is 1. The maximum atomic E-state index is 12.2. The molecule has 0 aromatic carbocycles. The molecular weight excluding hydrogens is 250 g/mol. The average molecular weight is 283 g/mol. The van der Waals surface area contributed by atoms with Gasteiger partial charge in [-0.05, 0) is 38.6 Å². The highest BCUT2D eigenvalue weighted by atomic mass is 16.2. The molecule has 1 aliphatic carbocycles. The van der Waals surface area contributed by atoms with Crippen molar-refractivity contribution in [3.63, 3.8) is 0 Å². The second kappa shape index (κ2) is 10.2. The van der Waals surface area contributed by atoms with Gasteiger partial charge in [0.15, 0.2) is 0 Å². The van der Waals surface area contributed by atoms with Crippen LogP contribution in [-0.2, 0) is 4.79 Å². The lowest BCUT2D eigenvalue weighted by atomic mass is 9.94. The summed E-state index contributed by atoms with van der Waals surface area (Å²) >= 11 is 0. The lowest BCUT2D eigenvalue weighted by Crippen LogP contribution is -2.46. The highest BCUT2D eigenvalue weighted by Gasteiger charge is 2.23. The molecule has 1 saturated carbocycles. The molecule has 4 heteroatoms. The zero-order valence-electron chi connectivity index (χ0n) is 13.4. The van der Waals surface area contributed by atoms with Gasteiger partial charge in [-0.1, -0.05) is 33.1 Å². The second-order valence-electron chi connectivity index (χ2n) is 5.99. The smallest absolute Gasteiger partial charge is 0.234 e. The summed E-state index contributed by atoms with van der Waals surface area (Å²) in [5, 5.41) is 3.15. The summed E-state index contributed by atoms with van der Waals surface area (Å²) in [7, 11) is 0. The second-order valence-corrected chi connectivity index (χ2v) is 5.99. The molecule has 1 rings (SSSR count). The van der Waals surface area contributed by atoms with Crippen molar-refractivity contribution < 1.29 is 4.79 Å². The van der Waals surface area contributed by atoms with Gasteiger partial charge in [-0.2, -0.15) is 0 Å². The van der Waals surface area contributed by atoms with Gasteiger partial charge in [0.25, 0.3) is 0 Å². The van der Waals surface area contributed by atoms with E-state index in [4.69, 9.17) is 5.73 Å². The van der Waals surface area contributed by atoms with E-state index >= 15 is 0 Å². The molecule has 0 aromatic rings. The van der Waals surface area contributed by atoms with E-state index in [1.807, 2.05) is 0 Å². The first-order valence-electron chi connectivity index (χ1n) is 8.44. The zero-order chi connectivity index (χ0) is 14.8. The number of hydrogen-bond donors (Lipinski definition) is 2. The topological polar surface area (TPSA) is 58.4 Å². The van der Waals surface area contributed by atoms with Crippen molar-refractivity contribution in [1.29, 1.82) is 0 Å². The van der Waals surface area contributed by atoms with Crippen molar-refractivity contribution in [2.45, 2.75) is 77.3 Å². The largest absolute Gasteiger partial charge is 0.352 e. The Morgan fingerprint density at radius 1 is 1.25 bits per heavy atom. The van der Waals surface area contributed by atoms with Crippen LogP contribution in [0.2, 0.25) is 0 Å². The maximum Gasteiger partial charge on any atom is 0.234 e. The molecule has 0 spiro atoms. The molecule has 0 unspecified atom stereocenters. The standard InChI is InChI=1S/C16H33N3O/c1-3-14(4-2)18-16(20)13-19(12-8-11-17)15-9-6-5-7-10-15/h14-15H,3-13,17H2,1-2H3,(H,18,20). The summed E-state index contributed by atoms with van der Waals surface area (Å²) in [5.41, 5.74) is 5.63. The summed E-state index contributed by atoms with van der Waals surface area (Å²) in [6, 6.07) is 0.910. The van der Waals surface area contributed by atoms with Crippen molar-refractivity contribution in [1.82, 2.24) is 10.2 Å². The van der Waals surface area contributed by atoms with Crippen molar-refractivity contribution in [3.05, 3.63) is 0 Å². The van der Waals surface area contributed by atoms with E-state index in [0.29, 0.717) is 25.2 Å². The molecule has 3 N–H and O–H groups in total. The predicted molar refractivity (Wildman–Crippen MR) is 84.6 cm³/mol. The molecule has 1 aliphatic rings. The molecule has 1 fully saturated rings. The van der Waals surface area contributed by atoms with E-state index in [9.17, 15) is 4.79 Å². The number of nitrogens with two attached hydrogens (primary N) is 1. The van der Waals surface area contributed by atoms with Crippen LogP contribution in [0.1, 0.15) is 65.2 Å². The lowest BCUT2D eigenvalue weighted by molar-refractivity contribution is -0.123. The zero-order valence-corrected chi connectivity index (χ0v) is 13.4. The quantitative estimate of drug-likeness (QED) is 0.682. The predicted octanol–water partition coefficient (Wildman–Crippen LogP) is 2.27. The lowest BCUT2D eigenvalue weighted by Gasteiger charge is -2.34. The number of nitrogens with one attached hydrogen (secondary N) is 1. The first-order valence-corrected chi connectivity index (χ1v) is 8.44. The SMILES string of the molecule is CCC(CC)NC(=O)CN(CCCN)C1CCCCC1. The summed E-state index contributed by atoms with van der Waals surface area (Å²) in [4.78, 5) is 14.6. The molecule has 1 amide bonds. The Morgan fingerprint density at radius 2 is 1.90 bits per heavy atom. The minimum atomic E-state index is 0.182. The molecule has 20 heavy (non-hydrogen) atoms. The molecule has 4 nitrogen and oxygen atoms in total. The minimum absolute atomic E-state index is 0.182. The Morgan fingerprint density at radius 3 is 2.45 bits per heavy atom. The fraction of sp³-hybridized carbons (Fsp3) is 0.938. The van der Waals surface area contributed by atoms with E-state index < -0.39 is 0 Å². The van der Waals surface area contributed by atoms with Crippen LogP contribution < -0.4 is 11.1 Å². The van der Waals surface area contributed by atoms with Crippen LogP contribution in [0.15, 0.2) is 0 Å². The normalized spacial score (nSPS) is 16.9. The third kappa shape index (κ3) is 6.23. The van der Waals surface area contributed by atoms with Gasteiger partial charge in [-0.25, -0.2) is 0 Å². The van der Waals surface area contributed by atoms with Crippen LogP contribution in [0.25, 0.3) is 0 Å². The molecule has 0 bridgehead atoms. The monoisotopic (exact) mass is 283 g/mol. The summed E-state index contributed by atoms with van der Waals surface area (Å²) < 4.78 is 0. The average Bonchev–Trinajstić information content (AvgIpc) is 2.49. The molecule has 118 valence electrons. The molecule has 0 atom stereocenters. The van der Waals surface area contributed by atoms with E-state index in [-0.39, 0.29) is 5.91 Å². The highest BCUT2D eigenvalue weighted by Crippen LogP contribution is 2.22. The molecule has 0 saturated heterocycles. The number of hydrogen-bond acceptors (Lipinski definition) is 3. The Kier molecular flexibility index (Phi) is 8.86. The van der Waals surface area contributed by atoms with E-state index in [1.165, 1.54) is 32.1 Å². The van der Waals surface area contributed by atoms with E-state index in [1.54, 1.807) is 0 Å². The molecular formula is C16H33N3O. The van der Waals surface area contributed by atoms with Gasteiger partial charge in [0.2, 0.25) is 5.91 Å². The van der Waals surface area contributed by atoms with Crippen molar-refractivity contribution in [2.75, 3.05) is 19.6 Å². The van der Waals surface area contributed by atoms with Crippen molar-refractivity contribution in [2.24, 2.45) is 5.73 Å². The third-order valence-corrected chi connectivity index (χ3v) is 4.44. The first kappa shape index (κ1) is 17.4. The minimum Gasteiger partial charge on any atom is -0.352 e. The van der Waals surface area contributed by atoms with E-state index in [2.05, 4.69) is 24.1 Å². The molecule has 0 heterocycles. The van der Waals surface area contributed by atoms with Crippen LogP contribution in [0.3, 0.4) is 0 Å². The Balaban J connectivity index is 2.47. The Bertz CT molecular complexity index is 260. The molecule has 0 radical (unpaired) electrons. The maximum absolute atomic E-state index is 12.2. The number of rotatable bonds is 9. The fourth-order valence-corrected chi connectivity index (χ4v) is 3.08. The van der Waals surface area contributed by atoms with Gasteiger partial charge < -0.3 is 11.1 Å². The van der Waals surface area contributed by atoms with Crippen LogP contribution in [-0.4, -0.2) is 42.5 Å². The van der Waals surface area contributed by atoms with Gasteiger partial charge >= 0.3 is 0 Å². The van der Waals surface area contributed by atoms with Crippen molar-refractivity contribution >= 4 is 5.91 Å². The van der Waals surface area contributed by atoms with Gasteiger partial charge in [-0.3, -0.25) is 9.69 Å². The molecule has 0 aromatic heterocycles. The summed E-state index contributed by atoms with van der Waals surface area (Å²) in [6.07, 6.45) is 9.43. The van der Waals surface area contributed by atoms with Crippen LogP contribution >= 0.6 is 0 Å². The first-order chi connectivity index (χ1) is 9.71. The van der Waals surface area contributed by atoms with Gasteiger partial charge in [0.1, 0.15) is 0 Å². The number of carbonyl (C=O) groups is 1. The Hall–Kier alpha value is -0.610. The van der Waals surface area contributed by atoms with Crippen LogP contribution in [0.5, 0.6) is 0 Å². The summed E-state index contributed by atoms with van der Waals surface area (Å²) in [5.74, 6) is 0.182. The fourth-order valence-electron chi connectivity index (χ4n) is 3.08. The van der Waals surface area contributed by atoms with E-state index in [0.717, 1.165) is 25.8 Å². The van der Waals surface area contributed by atoms with Crippen molar-refractivity contribution in [3.8, 4) is 0 Å². The van der Waals surface area contributed by atoms with Crippen LogP contribution in [0.4, 0.5) is 0 Å². The van der Waals surface area contributed by atoms with Gasteiger partial charge in [-0.15, -0.1) is 0 Å². The summed E-state index contributed by atoms with van der Waals surface area (Å²) in [6.45, 7) is 6.46. The van der Waals surface area contributed by atoms with Gasteiger partial charge in [0, 0.05) is 18.6 Å². The Labute approximate surface area is 124 Å². The van der Waals surface area contributed by atoms with Crippen LogP contribution in [0, 0.1) is 0 Å².